The molecule has 0 aromatic heterocycles. The fraction of sp³-hybridized carbons (Fsp3) is 0.480. The summed E-state index contributed by atoms with van der Waals surface area (Å²) in [6.07, 6.45) is 2.82. The Balaban J connectivity index is 1.22. The second-order valence-electron chi connectivity index (χ2n) is 8.99. The number of carbonyl (C=O) groups excluding carboxylic acids is 1. The summed E-state index contributed by atoms with van der Waals surface area (Å²) >= 11 is 0. The van der Waals surface area contributed by atoms with E-state index in [1.54, 1.807) is 5.56 Å². The van der Waals surface area contributed by atoms with Crippen molar-refractivity contribution in [3.8, 4) is 0 Å². The molecule has 29 heavy (non-hydrogen) atoms. The summed E-state index contributed by atoms with van der Waals surface area (Å²) in [6.45, 7) is 7.62. The predicted molar refractivity (Wildman–Crippen MR) is 119 cm³/mol. The molecule has 0 aliphatic carbocycles. The van der Waals surface area contributed by atoms with E-state index in [0.29, 0.717) is 18.4 Å². The summed E-state index contributed by atoms with van der Waals surface area (Å²) in [4.78, 5) is 20.2. The van der Waals surface area contributed by atoms with Gasteiger partial charge in [0.05, 0.1) is 11.4 Å². The first-order valence-electron chi connectivity index (χ1n) is 11.0. The van der Waals surface area contributed by atoms with Crippen LogP contribution in [0.15, 0.2) is 42.5 Å². The zero-order chi connectivity index (χ0) is 20.0. The molecule has 3 aliphatic heterocycles. The first-order chi connectivity index (χ1) is 14.1. The molecule has 2 aromatic rings. The molecule has 0 bridgehead atoms. The number of benzene rings is 2. The van der Waals surface area contributed by atoms with Crippen molar-refractivity contribution in [2.24, 2.45) is 0 Å². The van der Waals surface area contributed by atoms with Gasteiger partial charge in [0.2, 0.25) is 0 Å². The maximum atomic E-state index is 12.5. The van der Waals surface area contributed by atoms with Crippen molar-refractivity contribution < 1.29 is 4.79 Å². The van der Waals surface area contributed by atoms with Gasteiger partial charge >= 0.3 is 0 Å². The number of anilines is 2. The number of para-hydroxylation sites is 1. The average molecular weight is 390 g/mol. The van der Waals surface area contributed by atoms with E-state index in [9.17, 15) is 4.79 Å². The molecule has 0 spiro atoms. The van der Waals surface area contributed by atoms with Crippen LogP contribution >= 0.6 is 0 Å². The van der Waals surface area contributed by atoms with Gasteiger partial charge < -0.3 is 14.7 Å². The minimum Gasteiger partial charge on any atom is -0.371 e. The molecule has 2 aromatic carbocycles. The number of rotatable bonds is 5. The minimum atomic E-state index is 0.274. The van der Waals surface area contributed by atoms with Crippen LogP contribution < -0.4 is 9.80 Å². The monoisotopic (exact) mass is 389 g/mol. The number of Topliss-reactive ketones (excluding diaryl/α,β-unsaturated/α-hetero) is 1. The molecule has 3 aliphatic rings. The Hall–Kier alpha value is -2.33. The number of fused-ring (bicyclic) bond motifs is 3. The fourth-order valence-electron chi connectivity index (χ4n) is 5.53. The van der Waals surface area contributed by atoms with Crippen molar-refractivity contribution in [3.63, 3.8) is 0 Å². The van der Waals surface area contributed by atoms with Crippen LogP contribution in [0.5, 0.6) is 0 Å². The Bertz CT molecular complexity index is 907. The van der Waals surface area contributed by atoms with Gasteiger partial charge in [-0.3, -0.25) is 4.79 Å². The third-order valence-electron chi connectivity index (χ3n) is 7.13. The third-order valence-corrected chi connectivity index (χ3v) is 7.13. The van der Waals surface area contributed by atoms with E-state index in [0.717, 1.165) is 44.7 Å². The zero-order valence-corrected chi connectivity index (χ0v) is 17.6. The van der Waals surface area contributed by atoms with Gasteiger partial charge in [0.25, 0.3) is 0 Å². The summed E-state index contributed by atoms with van der Waals surface area (Å²) in [5.74, 6) is 0.883. The van der Waals surface area contributed by atoms with Crippen LogP contribution in [-0.2, 0) is 0 Å². The van der Waals surface area contributed by atoms with Crippen LogP contribution in [0.1, 0.15) is 46.7 Å². The molecule has 3 heterocycles. The molecular weight excluding hydrogens is 358 g/mol. The maximum absolute atomic E-state index is 12.5. The smallest absolute Gasteiger partial charge is 0.162 e. The Morgan fingerprint density at radius 1 is 1.07 bits per heavy atom. The van der Waals surface area contributed by atoms with Gasteiger partial charge in [-0.15, -0.1) is 0 Å². The molecule has 0 radical (unpaired) electrons. The normalized spacial score (nSPS) is 23.1. The van der Waals surface area contributed by atoms with Crippen LogP contribution in [-0.4, -0.2) is 56.5 Å². The van der Waals surface area contributed by atoms with E-state index >= 15 is 0 Å². The first kappa shape index (κ1) is 18.7. The highest BCUT2D eigenvalue weighted by molar-refractivity contribution is 5.96. The Labute approximate surface area is 174 Å². The van der Waals surface area contributed by atoms with E-state index in [4.69, 9.17) is 0 Å². The Morgan fingerprint density at radius 3 is 2.72 bits per heavy atom. The van der Waals surface area contributed by atoms with Crippen molar-refractivity contribution in [3.05, 3.63) is 59.2 Å². The highest BCUT2D eigenvalue weighted by atomic mass is 16.1. The topological polar surface area (TPSA) is 26.8 Å². The molecule has 152 valence electrons. The van der Waals surface area contributed by atoms with Crippen LogP contribution in [0.3, 0.4) is 0 Å². The highest BCUT2D eigenvalue weighted by Crippen LogP contribution is 2.50. The molecule has 0 saturated carbocycles. The lowest BCUT2D eigenvalue weighted by Crippen LogP contribution is -2.49. The number of hydrogen-bond acceptors (Lipinski definition) is 4. The number of nitrogens with zero attached hydrogens (tertiary/aromatic N) is 3. The van der Waals surface area contributed by atoms with Gasteiger partial charge in [-0.05, 0) is 37.9 Å². The van der Waals surface area contributed by atoms with Crippen molar-refractivity contribution in [2.45, 2.75) is 38.1 Å². The van der Waals surface area contributed by atoms with E-state index in [1.807, 2.05) is 24.3 Å². The van der Waals surface area contributed by atoms with Crippen molar-refractivity contribution in [1.82, 2.24) is 4.90 Å². The zero-order valence-electron chi connectivity index (χ0n) is 17.6. The number of carbonyl (C=O) groups is 1. The molecule has 2 atom stereocenters. The second-order valence-corrected chi connectivity index (χ2v) is 8.99. The lowest BCUT2D eigenvalue weighted by molar-refractivity contribution is 0.0971. The quantitative estimate of drug-likeness (QED) is 0.720. The number of aryl methyl sites for hydroxylation is 1. The van der Waals surface area contributed by atoms with Crippen LogP contribution in [0, 0.1) is 6.92 Å². The molecular formula is C25H31N3O. The molecule has 0 amide bonds. The van der Waals surface area contributed by atoms with Crippen molar-refractivity contribution in [1.29, 1.82) is 0 Å². The van der Waals surface area contributed by atoms with Crippen molar-refractivity contribution >= 4 is 17.2 Å². The number of piperidine rings is 1. The third kappa shape index (κ3) is 3.33. The number of likely N-dealkylation sites (N-methyl/N-ethyl adjacent to an activating group) is 1. The Kier molecular flexibility index (Phi) is 4.83. The fourth-order valence-corrected chi connectivity index (χ4v) is 5.53. The number of hydrogen-bond donors (Lipinski definition) is 0. The number of likely N-dealkylation sites (tertiary alicyclic amines) is 1. The van der Waals surface area contributed by atoms with Gasteiger partial charge in [-0.25, -0.2) is 0 Å². The minimum absolute atomic E-state index is 0.274. The van der Waals surface area contributed by atoms with Crippen molar-refractivity contribution in [2.75, 3.05) is 49.6 Å². The summed E-state index contributed by atoms with van der Waals surface area (Å²) in [6, 6.07) is 15.5. The second kappa shape index (κ2) is 7.49. The van der Waals surface area contributed by atoms with Gasteiger partial charge in [0.15, 0.2) is 5.78 Å². The van der Waals surface area contributed by atoms with Crippen LogP contribution in [0.25, 0.3) is 0 Å². The largest absolute Gasteiger partial charge is 0.371 e. The standard InChI is InChI=1S/C25H31N3O/c1-18-8-10-19(11-9-18)24(29)7-4-13-27-14-12-22-21(17-27)20-5-3-6-23-25(20)28(22)16-15-26(23)2/h3,5-6,8-11,21-22H,4,7,12-17H2,1-2H3. The number of ketones is 1. The SMILES string of the molecule is Cc1ccc(C(=O)CCCN2CCC3C(C2)c2cccc4c2N3CCN4C)cc1. The molecule has 4 heteroatoms. The highest BCUT2D eigenvalue weighted by Gasteiger charge is 2.44. The first-order valence-corrected chi connectivity index (χ1v) is 11.0. The van der Waals surface area contributed by atoms with E-state index in [-0.39, 0.29) is 5.78 Å². The lowest BCUT2D eigenvalue weighted by atomic mass is 9.89. The molecule has 5 rings (SSSR count). The van der Waals surface area contributed by atoms with E-state index < -0.39 is 0 Å². The predicted octanol–water partition coefficient (Wildman–Crippen LogP) is 4.09. The average Bonchev–Trinajstić information content (AvgIpc) is 3.06. The summed E-state index contributed by atoms with van der Waals surface area (Å²) in [5.41, 5.74) is 6.49. The molecule has 0 N–H and O–H groups in total. The van der Waals surface area contributed by atoms with Gasteiger partial charge in [0, 0.05) is 57.2 Å². The molecule has 1 fully saturated rings. The van der Waals surface area contributed by atoms with E-state index in [1.165, 1.54) is 23.4 Å². The molecule has 1 saturated heterocycles. The molecule has 4 nitrogen and oxygen atoms in total. The summed E-state index contributed by atoms with van der Waals surface area (Å²) in [5, 5.41) is 0. The van der Waals surface area contributed by atoms with Crippen LogP contribution in [0.4, 0.5) is 11.4 Å². The summed E-state index contributed by atoms with van der Waals surface area (Å²) in [7, 11) is 2.21. The van der Waals surface area contributed by atoms with Gasteiger partial charge in [0.1, 0.15) is 0 Å². The van der Waals surface area contributed by atoms with E-state index in [2.05, 4.69) is 46.9 Å². The summed E-state index contributed by atoms with van der Waals surface area (Å²) < 4.78 is 0. The van der Waals surface area contributed by atoms with Gasteiger partial charge in [-0.2, -0.15) is 0 Å². The maximum Gasteiger partial charge on any atom is 0.162 e. The van der Waals surface area contributed by atoms with Gasteiger partial charge in [-0.1, -0.05) is 42.0 Å². The molecule has 2 unspecified atom stereocenters. The lowest BCUT2D eigenvalue weighted by Gasteiger charge is -2.41. The Morgan fingerprint density at radius 2 is 1.90 bits per heavy atom. The van der Waals surface area contributed by atoms with Crippen LogP contribution in [0.2, 0.25) is 0 Å².